The van der Waals surface area contributed by atoms with Gasteiger partial charge >= 0.3 is 0 Å². The highest BCUT2D eigenvalue weighted by Gasteiger charge is 2.28. The Bertz CT molecular complexity index is 729. The van der Waals surface area contributed by atoms with Crippen LogP contribution in [0, 0.1) is 19.8 Å². The van der Waals surface area contributed by atoms with Gasteiger partial charge in [-0.3, -0.25) is 9.78 Å². The first-order chi connectivity index (χ1) is 12.0. The third-order valence-electron chi connectivity index (χ3n) is 4.55. The first-order valence-electron chi connectivity index (χ1n) is 8.71. The number of ether oxygens (including phenoxy) is 1. The lowest BCUT2D eigenvalue weighted by Crippen LogP contribution is -2.38. The number of halogens is 2. The summed E-state index contributed by atoms with van der Waals surface area (Å²) < 4.78 is 5.93. The van der Waals surface area contributed by atoms with Gasteiger partial charge in [0.15, 0.2) is 0 Å². The average molecular weight is 412 g/mol. The maximum absolute atomic E-state index is 12.4. The van der Waals surface area contributed by atoms with E-state index in [1.165, 1.54) is 12.8 Å². The van der Waals surface area contributed by atoms with Crippen molar-refractivity contribution in [1.82, 2.24) is 10.3 Å². The molecule has 3 N–H and O–H groups in total. The summed E-state index contributed by atoms with van der Waals surface area (Å²) in [6.45, 7) is 4.90. The molecule has 27 heavy (non-hydrogen) atoms. The van der Waals surface area contributed by atoms with Gasteiger partial charge < -0.3 is 15.8 Å². The Morgan fingerprint density at radius 2 is 1.96 bits per heavy atom. The van der Waals surface area contributed by atoms with Crippen LogP contribution >= 0.6 is 24.8 Å². The van der Waals surface area contributed by atoms with Gasteiger partial charge in [0.2, 0.25) is 0 Å². The van der Waals surface area contributed by atoms with Gasteiger partial charge in [-0.25, -0.2) is 0 Å². The minimum atomic E-state index is -0.0823. The van der Waals surface area contributed by atoms with E-state index in [0.29, 0.717) is 24.6 Å². The monoisotopic (exact) mass is 411 g/mol. The van der Waals surface area contributed by atoms with Crippen LogP contribution in [0.1, 0.15) is 39.9 Å². The van der Waals surface area contributed by atoms with Crippen LogP contribution in [0.25, 0.3) is 0 Å². The molecule has 3 rings (SSSR count). The highest BCUT2D eigenvalue weighted by Crippen LogP contribution is 2.31. The molecule has 7 heteroatoms. The molecule has 0 saturated heterocycles. The van der Waals surface area contributed by atoms with Crippen molar-refractivity contribution in [2.24, 2.45) is 11.7 Å². The van der Waals surface area contributed by atoms with E-state index < -0.39 is 0 Å². The highest BCUT2D eigenvalue weighted by atomic mass is 35.5. The van der Waals surface area contributed by atoms with Crippen LogP contribution in [0.4, 0.5) is 0 Å². The first-order valence-corrected chi connectivity index (χ1v) is 8.71. The van der Waals surface area contributed by atoms with Gasteiger partial charge in [0, 0.05) is 36.1 Å². The summed E-state index contributed by atoms with van der Waals surface area (Å²) in [6.07, 6.45) is 5.88. The molecule has 0 aliphatic heterocycles. The molecule has 0 radical (unpaired) electrons. The van der Waals surface area contributed by atoms with E-state index in [4.69, 9.17) is 10.5 Å². The van der Waals surface area contributed by atoms with Crippen LogP contribution in [0.15, 0.2) is 36.7 Å². The van der Waals surface area contributed by atoms with E-state index in [9.17, 15) is 4.79 Å². The summed E-state index contributed by atoms with van der Waals surface area (Å²) in [4.78, 5) is 16.5. The first kappa shape index (κ1) is 23.2. The van der Waals surface area contributed by atoms with Crippen LogP contribution in [-0.4, -0.2) is 23.5 Å². The number of hydrogen-bond donors (Lipinski definition) is 2. The second-order valence-corrected chi connectivity index (χ2v) is 6.80. The lowest BCUT2D eigenvalue weighted by Gasteiger charge is -2.15. The van der Waals surface area contributed by atoms with Crippen LogP contribution in [-0.2, 0) is 6.61 Å². The summed E-state index contributed by atoms with van der Waals surface area (Å²) in [5.74, 6) is 1.31. The minimum absolute atomic E-state index is 0. The lowest BCUT2D eigenvalue weighted by molar-refractivity contribution is 0.0950. The summed E-state index contributed by atoms with van der Waals surface area (Å²) >= 11 is 0. The number of nitrogens with zero attached hydrogens (tertiary/aromatic N) is 1. The number of aryl methyl sites for hydroxylation is 2. The summed E-state index contributed by atoms with van der Waals surface area (Å²) in [6, 6.07) is 7.65. The van der Waals surface area contributed by atoms with Crippen molar-refractivity contribution < 1.29 is 9.53 Å². The zero-order valence-electron chi connectivity index (χ0n) is 15.6. The molecule has 2 aromatic rings. The van der Waals surface area contributed by atoms with Crippen LogP contribution < -0.4 is 15.8 Å². The van der Waals surface area contributed by atoms with Gasteiger partial charge in [-0.1, -0.05) is 6.07 Å². The standard InChI is InChI=1S/C20H25N3O2.2ClH/c1-13-8-17(20(24)23-11-18(21)16-5-6-16)9-14(2)19(13)25-12-15-4-3-7-22-10-15;;/h3-4,7-10,16,18H,5-6,11-12,21H2,1-2H3,(H,23,24);2*1H. The minimum Gasteiger partial charge on any atom is -0.488 e. The molecule has 1 unspecified atom stereocenters. The van der Waals surface area contributed by atoms with Crippen molar-refractivity contribution >= 4 is 30.7 Å². The zero-order valence-corrected chi connectivity index (χ0v) is 17.2. The highest BCUT2D eigenvalue weighted by molar-refractivity contribution is 5.95. The van der Waals surface area contributed by atoms with Gasteiger partial charge in [-0.15, -0.1) is 24.8 Å². The number of hydrogen-bond acceptors (Lipinski definition) is 4. The predicted octanol–water partition coefficient (Wildman–Crippen LogP) is 3.59. The Kier molecular flexibility index (Phi) is 9.03. The van der Waals surface area contributed by atoms with E-state index in [2.05, 4.69) is 10.3 Å². The molecule has 1 saturated carbocycles. The van der Waals surface area contributed by atoms with Crippen molar-refractivity contribution in [3.05, 3.63) is 58.9 Å². The van der Waals surface area contributed by atoms with Gasteiger partial charge in [-0.05, 0) is 61.9 Å². The maximum Gasteiger partial charge on any atom is 0.251 e. The van der Waals surface area contributed by atoms with Crippen molar-refractivity contribution in [3.63, 3.8) is 0 Å². The molecule has 1 atom stereocenters. The molecule has 0 bridgehead atoms. The van der Waals surface area contributed by atoms with Crippen LogP contribution in [0.3, 0.4) is 0 Å². The summed E-state index contributed by atoms with van der Waals surface area (Å²) in [7, 11) is 0. The number of amides is 1. The maximum atomic E-state index is 12.4. The number of carbonyl (C=O) groups is 1. The van der Waals surface area contributed by atoms with Crippen molar-refractivity contribution in [2.45, 2.75) is 39.3 Å². The normalized spacial score (nSPS) is 13.7. The summed E-state index contributed by atoms with van der Waals surface area (Å²) in [5, 5.41) is 2.94. The molecule has 1 aromatic carbocycles. The quantitative estimate of drug-likeness (QED) is 0.729. The van der Waals surface area contributed by atoms with Crippen molar-refractivity contribution in [2.75, 3.05) is 6.54 Å². The average Bonchev–Trinajstić information content (AvgIpc) is 3.44. The molecule has 1 heterocycles. The Balaban J connectivity index is 0.00000182. The largest absolute Gasteiger partial charge is 0.488 e. The SMILES string of the molecule is Cc1cc(C(=O)NCC(N)C2CC2)cc(C)c1OCc1cccnc1.Cl.Cl. The molecule has 5 nitrogen and oxygen atoms in total. The van der Waals surface area contributed by atoms with Gasteiger partial charge in [-0.2, -0.15) is 0 Å². The number of benzene rings is 1. The second kappa shape index (κ2) is 10.5. The number of aromatic nitrogens is 1. The topological polar surface area (TPSA) is 77.2 Å². The molecule has 1 aliphatic carbocycles. The Morgan fingerprint density at radius 3 is 2.52 bits per heavy atom. The van der Waals surface area contributed by atoms with Gasteiger partial charge in [0.25, 0.3) is 5.91 Å². The molecular weight excluding hydrogens is 385 g/mol. The number of nitrogens with one attached hydrogen (secondary N) is 1. The van der Waals surface area contributed by atoms with Gasteiger partial charge in [0.1, 0.15) is 12.4 Å². The molecule has 1 aliphatic rings. The molecule has 0 spiro atoms. The van der Waals surface area contributed by atoms with Crippen molar-refractivity contribution in [3.8, 4) is 5.75 Å². The number of carbonyl (C=O) groups excluding carboxylic acids is 1. The lowest BCUT2D eigenvalue weighted by atomic mass is 10.0. The second-order valence-electron chi connectivity index (χ2n) is 6.80. The number of nitrogens with two attached hydrogens (primary N) is 1. The smallest absolute Gasteiger partial charge is 0.251 e. The Hall–Kier alpha value is -1.82. The van der Waals surface area contributed by atoms with Crippen molar-refractivity contribution in [1.29, 1.82) is 0 Å². The molecule has 1 amide bonds. The van der Waals surface area contributed by atoms with Crippen LogP contribution in [0.5, 0.6) is 5.75 Å². The van der Waals surface area contributed by atoms with E-state index in [1.807, 2.05) is 38.1 Å². The fourth-order valence-corrected chi connectivity index (χ4v) is 2.95. The fraction of sp³-hybridized carbons (Fsp3) is 0.400. The Labute approximate surface area is 172 Å². The van der Waals surface area contributed by atoms with E-state index >= 15 is 0 Å². The fourth-order valence-electron chi connectivity index (χ4n) is 2.95. The zero-order chi connectivity index (χ0) is 17.8. The molecule has 148 valence electrons. The van der Waals surface area contributed by atoms with Gasteiger partial charge in [0.05, 0.1) is 0 Å². The summed E-state index contributed by atoms with van der Waals surface area (Å²) in [5.41, 5.74) is 9.59. The van der Waals surface area contributed by atoms with Crippen LogP contribution in [0.2, 0.25) is 0 Å². The number of rotatable bonds is 7. The third-order valence-corrected chi connectivity index (χ3v) is 4.55. The Morgan fingerprint density at radius 1 is 1.30 bits per heavy atom. The predicted molar refractivity (Wildman–Crippen MR) is 112 cm³/mol. The molecule has 1 aromatic heterocycles. The molecular formula is C20H27Cl2N3O2. The third kappa shape index (κ3) is 6.38. The van der Waals surface area contributed by atoms with E-state index in [0.717, 1.165) is 22.4 Å². The van der Waals surface area contributed by atoms with E-state index in [1.54, 1.807) is 12.4 Å². The molecule has 1 fully saturated rings. The van der Waals surface area contributed by atoms with E-state index in [-0.39, 0.29) is 36.8 Å². The number of pyridine rings is 1.